The quantitative estimate of drug-likeness (QED) is 0.731. The van der Waals surface area contributed by atoms with Crippen LogP contribution >= 0.6 is 27.5 Å². The lowest BCUT2D eigenvalue weighted by molar-refractivity contribution is -0.0504. The van der Waals surface area contributed by atoms with Gasteiger partial charge in [-0.05, 0) is 42.8 Å². The second kappa shape index (κ2) is 7.09. The number of aryl methyl sites for hydroxylation is 1. The molecule has 0 aliphatic carbocycles. The Kier molecular flexibility index (Phi) is 5.42. The molecule has 0 spiro atoms. The van der Waals surface area contributed by atoms with Crippen LogP contribution in [0.1, 0.15) is 11.1 Å². The van der Waals surface area contributed by atoms with Gasteiger partial charge in [-0.1, -0.05) is 33.6 Å². The van der Waals surface area contributed by atoms with E-state index in [1.165, 1.54) is 12.1 Å². The van der Waals surface area contributed by atoms with E-state index in [9.17, 15) is 8.78 Å². The molecule has 1 N–H and O–H groups in total. The van der Waals surface area contributed by atoms with Crippen molar-refractivity contribution in [2.24, 2.45) is 0 Å². The molecular weight excluding hydrogens is 364 g/mol. The van der Waals surface area contributed by atoms with Gasteiger partial charge in [0.15, 0.2) is 0 Å². The molecule has 0 saturated carbocycles. The van der Waals surface area contributed by atoms with Gasteiger partial charge in [0, 0.05) is 27.3 Å². The smallest absolute Gasteiger partial charge is 0.387 e. The van der Waals surface area contributed by atoms with Gasteiger partial charge >= 0.3 is 6.61 Å². The molecule has 0 fully saturated rings. The van der Waals surface area contributed by atoms with E-state index in [1.54, 1.807) is 6.07 Å². The molecule has 0 aliphatic rings. The van der Waals surface area contributed by atoms with Gasteiger partial charge in [0.25, 0.3) is 0 Å². The molecule has 0 atom stereocenters. The van der Waals surface area contributed by atoms with Gasteiger partial charge in [-0.15, -0.1) is 0 Å². The van der Waals surface area contributed by atoms with Crippen LogP contribution in [-0.2, 0) is 6.54 Å². The topological polar surface area (TPSA) is 21.3 Å². The van der Waals surface area contributed by atoms with Crippen LogP contribution in [0.15, 0.2) is 40.9 Å². The normalized spacial score (nSPS) is 10.8. The molecule has 0 amide bonds. The van der Waals surface area contributed by atoms with Crippen LogP contribution in [0.5, 0.6) is 5.75 Å². The van der Waals surface area contributed by atoms with Crippen molar-refractivity contribution in [2.75, 3.05) is 5.32 Å². The average Bonchev–Trinajstić information content (AvgIpc) is 2.42. The Morgan fingerprint density at radius 3 is 2.67 bits per heavy atom. The molecule has 112 valence electrons. The van der Waals surface area contributed by atoms with Crippen LogP contribution in [0.4, 0.5) is 14.5 Å². The minimum Gasteiger partial charge on any atom is -0.434 e. The summed E-state index contributed by atoms with van der Waals surface area (Å²) in [4.78, 5) is 0. The van der Waals surface area contributed by atoms with Crippen LogP contribution in [0.3, 0.4) is 0 Å². The second-order valence-corrected chi connectivity index (χ2v) is 5.74. The lowest BCUT2D eigenvalue weighted by Gasteiger charge is -2.13. The molecule has 0 saturated heterocycles. The van der Waals surface area contributed by atoms with Gasteiger partial charge in [0.2, 0.25) is 0 Å². The van der Waals surface area contributed by atoms with E-state index in [4.69, 9.17) is 11.6 Å². The fourth-order valence-electron chi connectivity index (χ4n) is 1.80. The zero-order valence-corrected chi connectivity index (χ0v) is 13.5. The molecule has 0 bridgehead atoms. The fraction of sp³-hybridized carbons (Fsp3) is 0.200. The van der Waals surface area contributed by atoms with E-state index >= 15 is 0 Å². The summed E-state index contributed by atoms with van der Waals surface area (Å²) in [5.74, 6) is 0.119. The second-order valence-electron chi connectivity index (χ2n) is 4.45. The molecule has 0 aliphatic heterocycles. The first-order valence-electron chi connectivity index (χ1n) is 6.19. The molecule has 21 heavy (non-hydrogen) atoms. The van der Waals surface area contributed by atoms with Crippen molar-refractivity contribution in [3.05, 3.63) is 57.0 Å². The number of benzene rings is 2. The Bertz CT molecular complexity index is 637. The third-order valence-electron chi connectivity index (χ3n) is 2.89. The Labute approximate surface area is 135 Å². The highest BCUT2D eigenvalue weighted by Gasteiger charge is 2.10. The van der Waals surface area contributed by atoms with Crippen LogP contribution in [0.25, 0.3) is 0 Å². The average molecular weight is 377 g/mol. The highest BCUT2D eigenvalue weighted by molar-refractivity contribution is 9.10. The summed E-state index contributed by atoms with van der Waals surface area (Å²) in [6.45, 7) is -0.546. The van der Waals surface area contributed by atoms with Crippen molar-refractivity contribution < 1.29 is 13.5 Å². The standard InChI is InChI=1S/C15H13BrClF2NO/c1-9-2-4-12(7-13(9)16)20-8-10-6-11(17)3-5-14(10)21-15(18)19/h2-7,15,20H,8H2,1H3. The van der Waals surface area contributed by atoms with E-state index in [0.29, 0.717) is 17.1 Å². The number of alkyl halides is 2. The summed E-state index contributed by atoms with van der Waals surface area (Å²) in [5.41, 5.74) is 2.56. The van der Waals surface area contributed by atoms with Gasteiger partial charge in [-0.3, -0.25) is 0 Å². The Morgan fingerprint density at radius 1 is 1.24 bits per heavy atom. The first-order chi connectivity index (χ1) is 9.95. The van der Waals surface area contributed by atoms with Crippen molar-refractivity contribution >= 4 is 33.2 Å². The van der Waals surface area contributed by atoms with Gasteiger partial charge in [-0.25, -0.2) is 0 Å². The number of hydrogen-bond acceptors (Lipinski definition) is 2. The maximum Gasteiger partial charge on any atom is 0.387 e. The van der Waals surface area contributed by atoms with Gasteiger partial charge < -0.3 is 10.1 Å². The molecule has 2 nitrogen and oxygen atoms in total. The predicted octanol–water partition coefficient (Wildman–Crippen LogP) is 5.62. The SMILES string of the molecule is Cc1ccc(NCc2cc(Cl)ccc2OC(F)F)cc1Br. The predicted molar refractivity (Wildman–Crippen MR) is 84.3 cm³/mol. The van der Waals surface area contributed by atoms with Crippen LogP contribution in [0, 0.1) is 6.92 Å². The van der Waals surface area contributed by atoms with Gasteiger partial charge in [0.1, 0.15) is 5.75 Å². The molecule has 0 aromatic heterocycles. The van der Waals surface area contributed by atoms with Crippen molar-refractivity contribution in [1.82, 2.24) is 0 Å². The van der Waals surface area contributed by atoms with Crippen molar-refractivity contribution in [2.45, 2.75) is 20.1 Å². The molecule has 6 heteroatoms. The van der Waals surface area contributed by atoms with Crippen LogP contribution in [0.2, 0.25) is 5.02 Å². The minimum atomic E-state index is -2.86. The molecule has 0 unspecified atom stereocenters. The third-order valence-corrected chi connectivity index (χ3v) is 3.98. The first-order valence-corrected chi connectivity index (χ1v) is 7.36. The maximum absolute atomic E-state index is 12.4. The summed E-state index contributed by atoms with van der Waals surface area (Å²) in [6, 6.07) is 10.4. The number of halogens is 4. The first kappa shape index (κ1) is 16.0. The minimum absolute atomic E-state index is 0.119. The fourth-order valence-corrected chi connectivity index (χ4v) is 2.37. The van der Waals surface area contributed by atoms with E-state index in [0.717, 1.165) is 15.7 Å². The maximum atomic E-state index is 12.4. The number of anilines is 1. The van der Waals surface area contributed by atoms with E-state index < -0.39 is 6.61 Å². The number of ether oxygens (including phenoxy) is 1. The lowest BCUT2D eigenvalue weighted by Crippen LogP contribution is -2.07. The summed E-state index contributed by atoms with van der Waals surface area (Å²) < 4.78 is 30.2. The third kappa shape index (κ3) is 4.58. The van der Waals surface area contributed by atoms with Crippen LogP contribution < -0.4 is 10.1 Å². The van der Waals surface area contributed by atoms with Crippen molar-refractivity contribution in [1.29, 1.82) is 0 Å². The molecule has 2 aromatic rings. The number of hydrogen-bond donors (Lipinski definition) is 1. The summed E-state index contributed by atoms with van der Waals surface area (Å²) >= 11 is 9.35. The monoisotopic (exact) mass is 375 g/mol. The van der Waals surface area contributed by atoms with Crippen LogP contribution in [-0.4, -0.2) is 6.61 Å². The Balaban J connectivity index is 2.14. The highest BCUT2D eigenvalue weighted by atomic mass is 79.9. The largest absolute Gasteiger partial charge is 0.434 e. The van der Waals surface area contributed by atoms with Gasteiger partial charge in [-0.2, -0.15) is 8.78 Å². The van der Waals surface area contributed by atoms with Crippen molar-refractivity contribution in [3.63, 3.8) is 0 Å². The summed E-state index contributed by atoms with van der Waals surface area (Å²) in [6.07, 6.45) is 0. The van der Waals surface area contributed by atoms with E-state index in [2.05, 4.69) is 26.0 Å². The Hall–Kier alpha value is -1.33. The molecular formula is C15H13BrClF2NO. The molecule has 0 heterocycles. The summed E-state index contributed by atoms with van der Waals surface area (Å²) in [7, 11) is 0. The molecule has 0 radical (unpaired) electrons. The lowest BCUT2D eigenvalue weighted by atomic mass is 10.2. The van der Waals surface area contributed by atoms with E-state index in [-0.39, 0.29) is 5.75 Å². The number of nitrogens with one attached hydrogen (secondary N) is 1. The van der Waals surface area contributed by atoms with E-state index in [1.807, 2.05) is 25.1 Å². The molecule has 2 aromatic carbocycles. The van der Waals surface area contributed by atoms with Crippen molar-refractivity contribution in [3.8, 4) is 5.75 Å². The number of rotatable bonds is 5. The zero-order chi connectivity index (χ0) is 15.4. The van der Waals surface area contributed by atoms with Gasteiger partial charge in [0.05, 0.1) is 0 Å². The molecule has 2 rings (SSSR count). The Morgan fingerprint density at radius 2 is 2.00 bits per heavy atom. The summed E-state index contributed by atoms with van der Waals surface area (Å²) in [5, 5.41) is 3.63. The highest BCUT2D eigenvalue weighted by Crippen LogP contribution is 2.26. The zero-order valence-electron chi connectivity index (χ0n) is 11.2.